The van der Waals surface area contributed by atoms with Crippen LogP contribution in [-0.4, -0.2) is 41.0 Å². The van der Waals surface area contributed by atoms with Crippen molar-refractivity contribution in [3.63, 3.8) is 0 Å². The van der Waals surface area contributed by atoms with Crippen LogP contribution in [0, 0.1) is 12.7 Å². The van der Waals surface area contributed by atoms with E-state index in [1.165, 1.54) is 18.9 Å². The Morgan fingerprint density at radius 1 is 1.00 bits per heavy atom. The molecule has 1 fully saturated rings. The molecule has 0 spiro atoms. The van der Waals surface area contributed by atoms with Gasteiger partial charge in [0, 0.05) is 41.3 Å². The Morgan fingerprint density at radius 2 is 1.86 bits per heavy atom. The predicted molar refractivity (Wildman–Crippen MR) is 132 cm³/mol. The number of pyridine rings is 3. The highest BCUT2D eigenvalue weighted by atomic mass is 19.1. The number of halogens is 1. The summed E-state index contributed by atoms with van der Waals surface area (Å²) in [6, 6.07) is 9.26. The summed E-state index contributed by atoms with van der Waals surface area (Å²) in [7, 11) is 0. The first-order chi connectivity index (χ1) is 17.1. The van der Waals surface area contributed by atoms with Gasteiger partial charge in [-0.2, -0.15) is 10.2 Å². The second-order valence-corrected chi connectivity index (χ2v) is 9.09. The van der Waals surface area contributed by atoms with E-state index in [1.54, 1.807) is 19.2 Å². The molecule has 3 N–H and O–H groups in total. The molecule has 0 radical (unpaired) electrons. The van der Waals surface area contributed by atoms with Crippen molar-refractivity contribution >= 4 is 11.0 Å². The van der Waals surface area contributed by atoms with Crippen molar-refractivity contribution in [2.24, 2.45) is 5.73 Å². The zero-order chi connectivity index (χ0) is 23.9. The van der Waals surface area contributed by atoms with Crippen LogP contribution in [0.5, 0.6) is 0 Å². The Kier molecular flexibility index (Phi) is 5.33. The molecule has 8 nitrogen and oxygen atoms in total. The van der Waals surface area contributed by atoms with Crippen LogP contribution in [0.25, 0.3) is 44.8 Å². The van der Waals surface area contributed by atoms with E-state index in [4.69, 9.17) is 10.7 Å². The fourth-order valence-electron chi connectivity index (χ4n) is 4.81. The van der Waals surface area contributed by atoms with Gasteiger partial charge in [0.2, 0.25) is 0 Å². The van der Waals surface area contributed by atoms with Gasteiger partial charge in [-0.15, -0.1) is 0 Å². The number of aryl methyl sites for hydroxylation is 1. The van der Waals surface area contributed by atoms with Crippen LogP contribution in [-0.2, 0) is 0 Å². The minimum atomic E-state index is -0.345. The summed E-state index contributed by atoms with van der Waals surface area (Å²) in [5.41, 5.74) is 12.9. The number of hydrogen-bond donors (Lipinski definition) is 2. The highest BCUT2D eigenvalue weighted by molar-refractivity contribution is 5.84. The van der Waals surface area contributed by atoms with Crippen molar-refractivity contribution in [1.82, 2.24) is 34.9 Å². The van der Waals surface area contributed by atoms with Crippen LogP contribution in [0.1, 0.15) is 37.4 Å². The van der Waals surface area contributed by atoms with Gasteiger partial charge in [-0.25, -0.2) is 14.4 Å². The Bertz CT molecular complexity index is 1520. The average molecular weight is 469 g/mol. The standard InChI is InChI=1S/C26H25FN8/c1-15-19(27)6-7-23(32-15)26-18(13-30-34-26)21-8-9-22-24(33-21)10-16(11-29-22)17-12-31-35(14-17)25-5-3-2-4-20(25)28/h6-14,20,25H,2-5,28H2,1H3,(H,30,34)/t20-,25?/m1/s1. The second-order valence-electron chi connectivity index (χ2n) is 9.09. The number of aromatic amines is 1. The van der Waals surface area contributed by atoms with Crippen molar-refractivity contribution < 1.29 is 4.39 Å². The lowest BCUT2D eigenvalue weighted by Crippen LogP contribution is -2.35. The van der Waals surface area contributed by atoms with Crippen LogP contribution in [0.4, 0.5) is 4.39 Å². The van der Waals surface area contributed by atoms with Gasteiger partial charge in [-0.1, -0.05) is 12.8 Å². The maximum Gasteiger partial charge on any atom is 0.144 e. The fourth-order valence-corrected chi connectivity index (χ4v) is 4.81. The first kappa shape index (κ1) is 21.5. The maximum absolute atomic E-state index is 13.7. The summed E-state index contributed by atoms with van der Waals surface area (Å²) in [6.07, 6.45) is 12.0. The number of fused-ring (bicyclic) bond motifs is 1. The lowest BCUT2D eigenvalue weighted by atomic mass is 9.91. The number of nitrogens with zero attached hydrogens (tertiary/aromatic N) is 6. The third kappa shape index (κ3) is 3.97. The summed E-state index contributed by atoms with van der Waals surface area (Å²) in [6.45, 7) is 1.64. The summed E-state index contributed by atoms with van der Waals surface area (Å²) >= 11 is 0. The third-order valence-corrected chi connectivity index (χ3v) is 6.77. The summed E-state index contributed by atoms with van der Waals surface area (Å²) in [4.78, 5) is 13.8. The molecule has 176 valence electrons. The van der Waals surface area contributed by atoms with Gasteiger partial charge in [-0.05, 0) is 50.1 Å². The quantitative estimate of drug-likeness (QED) is 0.391. The molecule has 0 amide bonds. The Hall–Kier alpha value is -3.98. The number of H-pyrrole nitrogens is 1. The van der Waals surface area contributed by atoms with Crippen molar-refractivity contribution in [2.75, 3.05) is 0 Å². The number of nitrogens with one attached hydrogen (secondary N) is 1. The first-order valence-electron chi connectivity index (χ1n) is 11.8. The smallest absolute Gasteiger partial charge is 0.144 e. The van der Waals surface area contributed by atoms with Gasteiger partial charge in [0.05, 0.1) is 40.4 Å². The lowest BCUT2D eigenvalue weighted by molar-refractivity contribution is 0.286. The Balaban J connectivity index is 1.35. The Labute approximate surface area is 201 Å². The minimum Gasteiger partial charge on any atom is -0.326 e. The van der Waals surface area contributed by atoms with Crippen molar-refractivity contribution in [1.29, 1.82) is 0 Å². The van der Waals surface area contributed by atoms with Crippen LogP contribution >= 0.6 is 0 Å². The molecule has 1 aliphatic carbocycles. The third-order valence-electron chi connectivity index (χ3n) is 6.77. The lowest BCUT2D eigenvalue weighted by Gasteiger charge is -2.28. The molecule has 2 atom stereocenters. The number of nitrogens with two attached hydrogens (primary N) is 1. The van der Waals surface area contributed by atoms with E-state index in [1.807, 2.05) is 35.3 Å². The van der Waals surface area contributed by atoms with Crippen LogP contribution in [0.15, 0.2) is 55.1 Å². The molecule has 0 aromatic carbocycles. The molecule has 9 heteroatoms. The number of hydrogen-bond acceptors (Lipinski definition) is 6. The molecular formula is C26H25FN8. The van der Waals surface area contributed by atoms with Gasteiger partial charge in [0.15, 0.2) is 0 Å². The zero-order valence-electron chi connectivity index (χ0n) is 19.3. The van der Waals surface area contributed by atoms with Gasteiger partial charge < -0.3 is 5.73 Å². The molecule has 1 unspecified atom stereocenters. The van der Waals surface area contributed by atoms with Gasteiger partial charge >= 0.3 is 0 Å². The normalized spacial score (nSPS) is 18.3. The zero-order valence-corrected chi connectivity index (χ0v) is 19.3. The molecule has 35 heavy (non-hydrogen) atoms. The van der Waals surface area contributed by atoms with E-state index in [-0.39, 0.29) is 17.9 Å². The summed E-state index contributed by atoms with van der Waals surface area (Å²) in [5.74, 6) is -0.345. The van der Waals surface area contributed by atoms with Gasteiger partial charge in [0.1, 0.15) is 11.5 Å². The monoisotopic (exact) mass is 468 g/mol. The average Bonchev–Trinajstić information content (AvgIpc) is 3.56. The van der Waals surface area contributed by atoms with Crippen molar-refractivity contribution in [2.45, 2.75) is 44.7 Å². The van der Waals surface area contributed by atoms with E-state index < -0.39 is 0 Å². The highest BCUT2D eigenvalue weighted by Crippen LogP contribution is 2.31. The maximum atomic E-state index is 13.7. The molecule has 1 saturated carbocycles. The summed E-state index contributed by atoms with van der Waals surface area (Å²) in [5, 5.41) is 11.8. The largest absolute Gasteiger partial charge is 0.326 e. The molecule has 5 aromatic rings. The van der Waals surface area contributed by atoms with E-state index in [0.29, 0.717) is 17.1 Å². The van der Waals surface area contributed by atoms with Gasteiger partial charge in [-0.3, -0.25) is 14.8 Å². The van der Waals surface area contributed by atoms with Crippen LogP contribution < -0.4 is 5.73 Å². The number of aromatic nitrogens is 7. The number of rotatable bonds is 4. The fraction of sp³-hybridized carbons (Fsp3) is 0.269. The van der Waals surface area contributed by atoms with Crippen LogP contribution in [0.3, 0.4) is 0 Å². The van der Waals surface area contributed by atoms with E-state index in [0.717, 1.165) is 46.3 Å². The molecule has 6 rings (SSSR count). The van der Waals surface area contributed by atoms with Crippen molar-refractivity contribution in [3.8, 4) is 33.8 Å². The predicted octanol–water partition coefficient (Wildman–Crippen LogP) is 4.84. The molecule has 5 aromatic heterocycles. The molecular weight excluding hydrogens is 443 g/mol. The van der Waals surface area contributed by atoms with Crippen LogP contribution in [0.2, 0.25) is 0 Å². The summed E-state index contributed by atoms with van der Waals surface area (Å²) < 4.78 is 15.7. The van der Waals surface area contributed by atoms with Gasteiger partial charge in [0.25, 0.3) is 0 Å². The second kappa shape index (κ2) is 8.66. The molecule has 0 bridgehead atoms. The SMILES string of the molecule is Cc1nc(-c2n[nH]cc2-c2ccc3ncc(-c4cnn(C5CCCC[C@H]5N)c4)cc3n2)ccc1F. The van der Waals surface area contributed by atoms with E-state index in [9.17, 15) is 4.39 Å². The molecule has 0 aliphatic heterocycles. The first-order valence-corrected chi connectivity index (χ1v) is 11.8. The van der Waals surface area contributed by atoms with E-state index >= 15 is 0 Å². The molecule has 0 saturated heterocycles. The molecule has 5 heterocycles. The molecule has 1 aliphatic rings. The minimum absolute atomic E-state index is 0.138. The topological polar surface area (TPSA) is 111 Å². The van der Waals surface area contributed by atoms with E-state index in [2.05, 4.69) is 31.5 Å². The van der Waals surface area contributed by atoms with Crippen molar-refractivity contribution in [3.05, 3.63) is 66.6 Å². The Morgan fingerprint density at radius 3 is 2.71 bits per heavy atom. The highest BCUT2D eigenvalue weighted by Gasteiger charge is 2.24.